The van der Waals surface area contributed by atoms with Crippen LogP contribution in [0.3, 0.4) is 0 Å². The third-order valence-corrected chi connectivity index (χ3v) is 5.96. The molecule has 0 spiro atoms. The van der Waals surface area contributed by atoms with Gasteiger partial charge in [-0.1, -0.05) is 18.2 Å². The number of rotatable bonds is 4. The second-order valence-corrected chi connectivity index (χ2v) is 8.04. The quantitative estimate of drug-likeness (QED) is 0.866. The summed E-state index contributed by atoms with van der Waals surface area (Å²) in [4.78, 5) is 4.71. The van der Waals surface area contributed by atoms with Crippen LogP contribution in [0.25, 0.3) is 11.3 Å². The second-order valence-electron chi connectivity index (χ2n) is 8.04. The fourth-order valence-corrected chi connectivity index (χ4v) is 4.44. The lowest BCUT2D eigenvalue weighted by Gasteiger charge is -2.43. The molecule has 2 aliphatic heterocycles. The van der Waals surface area contributed by atoms with E-state index in [2.05, 4.69) is 34.1 Å². The van der Waals surface area contributed by atoms with Gasteiger partial charge in [-0.25, -0.2) is 0 Å². The van der Waals surface area contributed by atoms with Crippen LogP contribution >= 0.6 is 0 Å². The molecule has 2 saturated heterocycles. The third-order valence-electron chi connectivity index (χ3n) is 5.96. The summed E-state index contributed by atoms with van der Waals surface area (Å²) in [6, 6.07) is 12.7. The molecule has 2 fully saturated rings. The van der Waals surface area contributed by atoms with Gasteiger partial charge in [0.05, 0.1) is 12.2 Å². The molecule has 2 N–H and O–H groups in total. The maximum Gasteiger partial charge on any atom is 0.134 e. The van der Waals surface area contributed by atoms with Crippen molar-refractivity contribution in [2.75, 3.05) is 26.2 Å². The summed E-state index contributed by atoms with van der Waals surface area (Å²) >= 11 is 0. The van der Waals surface area contributed by atoms with E-state index in [1.807, 2.05) is 19.1 Å². The van der Waals surface area contributed by atoms with Gasteiger partial charge in [-0.2, -0.15) is 0 Å². The van der Waals surface area contributed by atoms with Gasteiger partial charge >= 0.3 is 0 Å². The van der Waals surface area contributed by atoms with Crippen molar-refractivity contribution in [3.63, 3.8) is 0 Å². The molecule has 5 heteroatoms. The Bertz CT molecular complexity index is 752. The molecule has 2 atom stereocenters. The van der Waals surface area contributed by atoms with Crippen LogP contribution in [0.15, 0.2) is 40.8 Å². The zero-order valence-corrected chi connectivity index (χ0v) is 16.1. The summed E-state index contributed by atoms with van der Waals surface area (Å²) in [7, 11) is 0. The first-order chi connectivity index (χ1) is 13.1. The largest absolute Gasteiger partial charge is 0.461 e. The summed E-state index contributed by atoms with van der Waals surface area (Å²) in [6.07, 6.45) is 2.14. The number of aliphatic hydroxyl groups is 2. The number of hydrogen-bond acceptors (Lipinski definition) is 5. The molecule has 0 aliphatic carbocycles. The number of hydrogen-bond donors (Lipinski definition) is 2. The van der Waals surface area contributed by atoms with Crippen molar-refractivity contribution in [3.05, 3.63) is 47.7 Å². The van der Waals surface area contributed by atoms with Crippen LogP contribution in [0.5, 0.6) is 0 Å². The highest BCUT2D eigenvalue weighted by Gasteiger charge is 2.33. The molecule has 0 bridgehead atoms. The number of likely N-dealkylation sites (tertiary alicyclic amines) is 2. The predicted molar refractivity (Wildman–Crippen MR) is 105 cm³/mol. The minimum absolute atomic E-state index is 0.163. The van der Waals surface area contributed by atoms with E-state index in [1.165, 1.54) is 5.56 Å². The lowest BCUT2D eigenvalue weighted by Crippen LogP contribution is -2.55. The van der Waals surface area contributed by atoms with Gasteiger partial charge < -0.3 is 14.6 Å². The fourth-order valence-electron chi connectivity index (χ4n) is 4.44. The Hall–Kier alpha value is -1.66. The third kappa shape index (κ3) is 4.43. The van der Waals surface area contributed by atoms with Gasteiger partial charge in [-0.05, 0) is 49.9 Å². The molecule has 0 unspecified atom stereocenters. The zero-order chi connectivity index (χ0) is 18.8. The van der Waals surface area contributed by atoms with Crippen LogP contribution in [0, 0.1) is 6.92 Å². The Morgan fingerprint density at radius 3 is 2.56 bits per heavy atom. The van der Waals surface area contributed by atoms with Gasteiger partial charge in [0.1, 0.15) is 11.5 Å². The second kappa shape index (κ2) is 8.15. The van der Waals surface area contributed by atoms with Crippen LogP contribution in [-0.4, -0.2) is 64.4 Å². The molecule has 0 radical (unpaired) electrons. The molecule has 2 aromatic rings. The first-order valence-corrected chi connectivity index (χ1v) is 10.1. The molecule has 4 rings (SSSR count). The predicted octanol–water partition coefficient (Wildman–Crippen LogP) is 2.65. The average Bonchev–Trinajstić information content (AvgIpc) is 3.10. The average molecular weight is 370 g/mol. The fraction of sp³-hybridized carbons (Fsp3) is 0.545. The van der Waals surface area contributed by atoms with Crippen molar-refractivity contribution in [1.82, 2.24) is 9.80 Å². The van der Waals surface area contributed by atoms with Crippen molar-refractivity contribution < 1.29 is 14.6 Å². The van der Waals surface area contributed by atoms with Crippen LogP contribution in [0.4, 0.5) is 0 Å². The molecule has 3 heterocycles. The van der Waals surface area contributed by atoms with E-state index in [1.54, 1.807) is 0 Å². The monoisotopic (exact) mass is 370 g/mol. The van der Waals surface area contributed by atoms with Crippen LogP contribution in [0.2, 0.25) is 0 Å². The minimum atomic E-state index is -0.329. The molecule has 1 aromatic heterocycles. The highest BCUT2D eigenvalue weighted by molar-refractivity contribution is 5.58. The zero-order valence-electron chi connectivity index (χ0n) is 16.1. The van der Waals surface area contributed by atoms with Gasteiger partial charge in [0.25, 0.3) is 0 Å². The van der Waals surface area contributed by atoms with Crippen molar-refractivity contribution in [2.24, 2.45) is 0 Å². The van der Waals surface area contributed by atoms with Gasteiger partial charge in [-0.3, -0.25) is 9.80 Å². The summed E-state index contributed by atoms with van der Waals surface area (Å²) < 4.78 is 5.74. The lowest BCUT2D eigenvalue weighted by atomic mass is 9.96. The lowest BCUT2D eigenvalue weighted by molar-refractivity contribution is -0.0355. The van der Waals surface area contributed by atoms with Gasteiger partial charge in [-0.15, -0.1) is 0 Å². The molecule has 5 nitrogen and oxygen atoms in total. The molecule has 27 heavy (non-hydrogen) atoms. The summed E-state index contributed by atoms with van der Waals surface area (Å²) in [6.45, 7) is 6.29. The van der Waals surface area contributed by atoms with E-state index in [0.717, 1.165) is 62.5 Å². The summed E-state index contributed by atoms with van der Waals surface area (Å²) in [5.74, 6) is 1.83. The van der Waals surface area contributed by atoms with E-state index >= 15 is 0 Å². The topological polar surface area (TPSA) is 60.1 Å². The van der Waals surface area contributed by atoms with Crippen LogP contribution in [0.1, 0.15) is 30.6 Å². The molecule has 2 aliphatic rings. The van der Waals surface area contributed by atoms with Gasteiger partial charge in [0.2, 0.25) is 0 Å². The Kier molecular flexibility index (Phi) is 5.64. The highest BCUT2D eigenvalue weighted by Crippen LogP contribution is 2.25. The first-order valence-electron chi connectivity index (χ1n) is 10.1. The van der Waals surface area contributed by atoms with E-state index in [9.17, 15) is 10.2 Å². The number of piperidine rings is 2. The van der Waals surface area contributed by atoms with Crippen molar-refractivity contribution in [2.45, 2.75) is 51.0 Å². The number of β-amino-alcohol motifs (C(OH)–C–C–N with tert-alkyl or cyclic N) is 1. The van der Waals surface area contributed by atoms with E-state index in [4.69, 9.17) is 4.42 Å². The SMILES string of the molecule is Cc1ccc(-c2cccc(CN3CC[C@@H](N4CCC(O)CC4)[C@H](O)C3)c2)o1. The van der Waals surface area contributed by atoms with Crippen molar-refractivity contribution in [1.29, 1.82) is 0 Å². The molecular formula is C22H30N2O3. The normalized spacial score (nSPS) is 25.7. The van der Waals surface area contributed by atoms with E-state index in [-0.39, 0.29) is 18.2 Å². The molecule has 0 saturated carbocycles. The maximum absolute atomic E-state index is 10.7. The van der Waals surface area contributed by atoms with Crippen LogP contribution < -0.4 is 0 Å². The maximum atomic E-state index is 10.7. The van der Waals surface area contributed by atoms with Crippen molar-refractivity contribution >= 4 is 0 Å². The Morgan fingerprint density at radius 2 is 1.85 bits per heavy atom. The standard InChI is InChI=1S/C22H30N2O3/c1-16-5-6-22(27-16)18-4-2-3-17(13-18)14-23-10-9-20(21(26)15-23)24-11-7-19(25)8-12-24/h2-6,13,19-21,25-26H,7-12,14-15H2,1H3/t20-,21-/m1/s1. The highest BCUT2D eigenvalue weighted by atomic mass is 16.3. The Balaban J connectivity index is 1.36. The van der Waals surface area contributed by atoms with E-state index in [0.29, 0.717) is 6.54 Å². The van der Waals surface area contributed by atoms with Crippen LogP contribution in [-0.2, 0) is 6.54 Å². The Morgan fingerprint density at radius 1 is 1.04 bits per heavy atom. The Labute approximate surface area is 161 Å². The molecular weight excluding hydrogens is 340 g/mol. The van der Waals surface area contributed by atoms with Gasteiger partial charge in [0.15, 0.2) is 0 Å². The summed E-state index contributed by atoms with van der Waals surface area (Å²) in [5.41, 5.74) is 2.34. The molecule has 146 valence electrons. The summed E-state index contributed by atoms with van der Waals surface area (Å²) in [5, 5.41) is 20.4. The number of furan rings is 1. The van der Waals surface area contributed by atoms with Gasteiger partial charge in [0, 0.05) is 44.3 Å². The molecule has 0 amide bonds. The first kappa shape index (κ1) is 18.7. The smallest absolute Gasteiger partial charge is 0.134 e. The number of benzene rings is 1. The minimum Gasteiger partial charge on any atom is -0.461 e. The van der Waals surface area contributed by atoms with Crippen molar-refractivity contribution in [3.8, 4) is 11.3 Å². The molecule has 1 aromatic carbocycles. The number of nitrogens with zero attached hydrogens (tertiary/aromatic N) is 2. The number of aryl methyl sites for hydroxylation is 1. The van der Waals surface area contributed by atoms with E-state index < -0.39 is 0 Å². The number of aliphatic hydroxyl groups excluding tert-OH is 2.